The summed E-state index contributed by atoms with van der Waals surface area (Å²) < 4.78 is 7.30. The summed E-state index contributed by atoms with van der Waals surface area (Å²) in [6.45, 7) is 7.63. The molecule has 0 aromatic carbocycles. The number of nitrogens with one attached hydrogen (secondary N) is 2. The quantitative estimate of drug-likeness (QED) is 0.870. The summed E-state index contributed by atoms with van der Waals surface area (Å²) in [6.07, 6.45) is 1.64. The van der Waals surface area contributed by atoms with Gasteiger partial charge in [0.1, 0.15) is 6.04 Å². The molecule has 3 rings (SSSR count). The van der Waals surface area contributed by atoms with E-state index in [-0.39, 0.29) is 18.1 Å². The molecule has 0 aliphatic carbocycles. The SMILES string of the molecule is Cc1cc(C)n(-c2ccc(CNC(=O)[C@H]3NCCO[C@@H]3C)cn2)n1. The average molecular weight is 329 g/mol. The highest BCUT2D eigenvalue weighted by molar-refractivity contribution is 5.82. The third-order valence-electron chi connectivity index (χ3n) is 4.10. The molecule has 7 nitrogen and oxygen atoms in total. The molecule has 1 aliphatic heterocycles. The van der Waals surface area contributed by atoms with Gasteiger partial charge in [-0.15, -0.1) is 0 Å². The van der Waals surface area contributed by atoms with E-state index in [0.29, 0.717) is 19.7 Å². The van der Waals surface area contributed by atoms with E-state index in [4.69, 9.17) is 4.74 Å². The van der Waals surface area contributed by atoms with E-state index >= 15 is 0 Å². The molecular formula is C17H23N5O2. The first-order valence-corrected chi connectivity index (χ1v) is 8.16. The number of rotatable bonds is 4. The first-order chi connectivity index (χ1) is 11.5. The van der Waals surface area contributed by atoms with Crippen molar-refractivity contribution in [1.82, 2.24) is 25.4 Å². The molecule has 2 N–H and O–H groups in total. The Bertz CT molecular complexity index is 710. The van der Waals surface area contributed by atoms with Gasteiger partial charge in [-0.2, -0.15) is 5.10 Å². The summed E-state index contributed by atoms with van der Waals surface area (Å²) in [5.74, 6) is 0.719. The maximum Gasteiger partial charge on any atom is 0.240 e. The zero-order valence-corrected chi connectivity index (χ0v) is 14.2. The predicted octanol–water partition coefficient (Wildman–Crippen LogP) is 0.877. The predicted molar refractivity (Wildman–Crippen MR) is 89.9 cm³/mol. The number of ether oxygens (including phenoxy) is 1. The first kappa shape index (κ1) is 16.6. The largest absolute Gasteiger partial charge is 0.375 e. The lowest BCUT2D eigenvalue weighted by atomic mass is 10.1. The molecule has 2 atom stereocenters. The molecule has 128 valence electrons. The second kappa shape index (κ2) is 7.11. The number of amides is 1. The maximum absolute atomic E-state index is 12.2. The van der Waals surface area contributed by atoms with Crippen LogP contribution in [0.3, 0.4) is 0 Å². The maximum atomic E-state index is 12.2. The molecule has 0 spiro atoms. The van der Waals surface area contributed by atoms with E-state index in [1.807, 2.05) is 43.7 Å². The second-order valence-electron chi connectivity index (χ2n) is 6.09. The monoisotopic (exact) mass is 329 g/mol. The molecule has 7 heteroatoms. The van der Waals surface area contributed by atoms with Crippen LogP contribution in [0.5, 0.6) is 0 Å². The van der Waals surface area contributed by atoms with Crippen LogP contribution in [0.25, 0.3) is 5.82 Å². The third-order valence-corrected chi connectivity index (χ3v) is 4.10. The van der Waals surface area contributed by atoms with Gasteiger partial charge in [0.25, 0.3) is 0 Å². The van der Waals surface area contributed by atoms with E-state index in [2.05, 4.69) is 20.7 Å². The van der Waals surface area contributed by atoms with Crippen LogP contribution >= 0.6 is 0 Å². The van der Waals surface area contributed by atoms with Crippen LogP contribution in [0.1, 0.15) is 23.9 Å². The standard InChI is InChI=1S/C17H23N5O2/c1-11-8-12(2)22(21-11)15-5-4-14(9-19-15)10-20-17(23)16-13(3)24-7-6-18-16/h4-5,8-9,13,16,18H,6-7,10H2,1-3H3,(H,20,23)/t13-,16+/m1/s1. The summed E-state index contributed by atoms with van der Waals surface area (Å²) in [7, 11) is 0. The third kappa shape index (κ3) is 3.63. The number of carbonyl (C=O) groups is 1. The summed E-state index contributed by atoms with van der Waals surface area (Å²) >= 11 is 0. The summed E-state index contributed by atoms with van der Waals surface area (Å²) in [4.78, 5) is 16.7. The van der Waals surface area contributed by atoms with Crippen molar-refractivity contribution in [3.05, 3.63) is 41.3 Å². The Labute approximate surface area is 141 Å². The Kier molecular flexibility index (Phi) is 4.92. The lowest BCUT2D eigenvalue weighted by molar-refractivity contribution is -0.129. The summed E-state index contributed by atoms with van der Waals surface area (Å²) in [5.41, 5.74) is 2.94. The Morgan fingerprint density at radius 1 is 1.46 bits per heavy atom. The average Bonchev–Trinajstić information content (AvgIpc) is 2.92. The Hall–Kier alpha value is -2.25. The molecule has 1 aliphatic rings. The highest BCUT2D eigenvalue weighted by Gasteiger charge is 2.27. The number of aromatic nitrogens is 3. The van der Waals surface area contributed by atoms with Crippen molar-refractivity contribution in [2.24, 2.45) is 0 Å². The van der Waals surface area contributed by atoms with Crippen LogP contribution in [-0.4, -0.2) is 46.0 Å². The number of carbonyl (C=O) groups excluding carboxylic acids is 1. The van der Waals surface area contributed by atoms with Crippen molar-refractivity contribution in [3.8, 4) is 5.82 Å². The van der Waals surface area contributed by atoms with Crippen LogP contribution in [0.15, 0.2) is 24.4 Å². The zero-order valence-electron chi connectivity index (χ0n) is 14.2. The van der Waals surface area contributed by atoms with Gasteiger partial charge in [-0.3, -0.25) is 4.79 Å². The molecule has 0 unspecified atom stereocenters. The van der Waals surface area contributed by atoms with Crippen LogP contribution in [0, 0.1) is 13.8 Å². The van der Waals surface area contributed by atoms with Gasteiger partial charge in [-0.05, 0) is 38.5 Å². The molecule has 1 saturated heterocycles. The van der Waals surface area contributed by atoms with Gasteiger partial charge in [-0.1, -0.05) is 6.07 Å². The number of aryl methyl sites for hydroxylation is 2. The Morgan fingerprint density at radius 3 is 2.92 bits per heavy atom. The minimum absolute atomic E-state index is 0.0511. The number of hydrogen-bond acceptors (Lipinski definition) is 5. The smallest absolute Gasteiger partial charge is 0.240 e. The van der Waals surface area contributed by atoms with Crippen molar-refractivity contribution in [2.75, 3.05) is 13.2 Å². The van der Waals surface area contributed by atoms with Crippen molar-refractivity contribution in [2.45, 2.75) is 39.5 Å². The van der Waals surface area contributed by atoms with E-state index in [9.17, 15) is 4.79 Å². The molecule has 2 aromatic rings. The molecular weight excluding hydrogens is 306 g/mol. The van der Waals surface area contributed by atoms with Crippen LogP contribution in [0.4, 0.5) is 0 Å². The van der Waals surface area contributed by atoms with Crippen molar-refractivity contribution < 1.29 is 9.53 Å². The Balaban J connectivity index is 1.60. The molecule has 3 heterocycles. The van der Waals surface area contributed by atoms with Crippen molar-refractivity contribution in [3.63, 3.8) is 0 Å². The molecule has 24 heavy (non-hydrogen) atoms. The van der Waals surface area contributed by atoms with Gasteiger partial charge in [0.05, 0.1) is 18.4 Å². The molecule has 1 fully saturated rings. The summed E-state index contributed by atoms with van der Waals surface area (Å²) in [6, 6.07) is 5.57. The zero-order chi connectivity index (χ0) is 17.1. The van der Waals surface area contributed by atoms with Crippen LogP contribution in [0.2, 0.25) is 0 Å². The highest BCUT2D eigenvalue weighted by Crippen LogP contribution is 2.10. The number of pyridine rings is 1. The molecule has 2 aromatic heterocycles. The van der Waals surface area contributed by atoms with Crippen molar-refractivity contribution in [1.29, 1.82) is 0 Å². The molecule has 0 radical (unpaired) electrons. The normalized spacial score (nSPS) is 20.8. The van der Waals surface area contributed by atoms with Gasteiger partial charge in [0, 0.05) is 25.0 Å². The van der Waals surface area contributed by atoms with Crippen LogP contribution < -0.4 is 10.6 Å². The second-order valence-corrected chi connectivity index (χ2v) is 6.09. The lowest BCUT2D eigenvalue weighted by Gasteiger charge is -2.29. The fraction of sp³-hybridized carbons (Fsp3) is 0.471. The van der Waals surface area contributed by atoms with Gasteiger partial charge >= 0.3 is 0 Å². The topological polar surface area (TPSA) is 81.1 Å². The number of hydrogen-bond donors (Lipinski definition) is 2. The van der Waals surface area contributed by atoms with E-state index in [1.54, 1.807) is 6.20 Å². The van der Waals surface area contributed by atoms with Gasteiger partial charge in [0.15, 0.2) is 5.82 Å². The first-order valence-electron chi connectivity index (χ1n) is 8.16. The number of nitrogens with zero attached hydrogens (tertiary/aromatic N) is 3. The number of morpholine rings is 1. The fourth-order valence-electron chi connectivity index (χ4n) is 2.83. The molecule has 0 bridgehead atoms. The van der Waals surface area contributed by atoms with Crippen LogP contribution in [-0.2, 0) is 16.1 Å². The lowest BCUT2D eigenvalue weighted by Crippen LogP contribution is -2.55. The van der Waals surface area contributed by atoms with Gasteiger partial charge in [0.2, 0.25) is 5.91 Å². The van der Waals surface area contributed by atoms with Crippen molar-refractivity contribution >= 4 is 5.91 Å². The highest BCUT2D eigenvalue weighted by atomic mass is 16.5. The molecule has 0 saturated carbocycles. The Morgan fingerprint density at radius 2 is 2.29 bits per heavy atom. The van der Waals surface area contributed by atoms with Gasteiger partial charge in [-0.25, -0.2) is 9.67 Å². The minimum Gasteiger partial charge on any atom is -0.375 e. The van der Waals surface area contributed by atoms with Gasteiger partial charge < -0.3 is 15.4 Å². The van der Waals surface area contributed by atoms with E-state index in [1.165, 1.54) is 0 Å². The molecule has 1 amide bonds. The van der Waals surface area contributed by atoms with E-state index < -0.39 is 0 Å². The summed E-state index contributed by atoms with van der Waals surface area (Å²) in [5, 5.41) is 10.5. The van der Waals surface area contributed by atoms with E-state index in [0.717, 1.165) is 22.8 Å². The fourth-order valence-corrected chi connectivity index (χ4v) is 2.83. The minimum atomic E-state index is -0.305.